The Morgan fingerprint density at radius 1 is 1.38 bits per heavy atom. The minimum Gasteiger partial charge on any atom is -0.354 e. The molecule has 0 saturated heterocycles. The number of hydrogen-bond acceptors (Lipinski definition) is 5. The third kappa shape index (κ3) is 2.09. The molecular formula is C11H12N4O. The summed E-state index contributed by atoms with van der Waals surface area (Å²) < 4.78 is 5.21. The van der Waals surface area contributed by atoms with E-state index in [2.05, 4.69) is 20.4 Å². The minimum absolute atomic E-state index is 0.667. The quantitative estimate of drug-likeness (QED) is 0.836. The van der Waals surface area contributed by atoms with Crippen LogP contribution in [0.25, 0.3) is 11.5 Å². The van der Waals surface area contributed by atoms with Crippen molar-refractivity contribution in [1.29, 1.82) is 0 Å². The third-order valence-corrected chi connectivity index (χ3v) is 2.52. The van der Waals surface area contributed by atoms with Gasteiger partial charge in [-0.05, 0) is 12.8 Å². The van der Waals surface area contributed by atoms with Gasteiger partial charge in [-0.15, -0.1) is 0 Å². The zero-order valence-corrected chi connectivity index (χ0v) is 8.76. The van der Waals surface area contributed by atoms with Crippen LogP contribution in [0.15, 0.2) is 29.2 Å². The Morgan fingerprint density at radius 3 is 3.06 bits per heavy atom. The molecule has 2 heterocycles. The minimum atomic E-state index is 0.667. The van der Waals surface area contributed by atoms with Crippen LogP contribution in [0.2, 0.25) is 0 Å². The van der Waals surface area contributed by atoms with Gasteiger partial charge in [0, 0.05) is 31.0 Å². The first-order valence-corrected chi connectivity index (χ1v) is 5.37. The molecule has 0 bridgehead atoms. The van der Waals surface area contributed by atoms with Crippen molar-refractivity contribution in [2.24, 2.45) is 0 Å². The molecule has 0 radical (unpaired) electrons. The van der Waals surface area contributed by atoms with Crippen LogP contribution in [0.3, 0.4) is 0 Å². The third-order valence-electron chi connectivity index (χ3n) is 2.52. The molecule has 1 saturated carbocycles. The molecule has 1 N–H and O–H groups in total. The van der Waals surface area contributed by atoms with Gasteiger partial charge in [0.1, 0.15) is 5.69 Å². The first kappa shape index (κ1) is 9.47. The van der Waals surface area contributed by atoms with Crippen molar-refractivity contribution in [3.63, 3.8) is 0 Å². The van der Waals surface area contributed by atoms with E-state index >= 15 is 0 Å². The maximum atomic E-state index is 5.21. The number of nitrogens with one attached hydrogen (secondary N) is 1. The highest BCUT2D eigenvalue weighted by atomic mass is 16.5. The Balaban J connectivity index is 1.71. The standard InChI is InChI=1S/C11H12N4O/c1-2-8(1)14-6-9-5-11(16-15-9)10-7-12-3-4-13-10/h3-5,7-8,14H,1-2,6H2. The molecule has 5 heteroatoms. The van der Waals surface area contributed by atoms with Gasteiger partial charge in [-0.3, -0.25) is 4.98 Å². The van der Waals surface area contributed by atoms with Gasteiger partial charge in [-0.2, -0.15) is 0 Å². The number of hydrogen-bond donors (Lipinski definition) is 1. The molecule has 0 spiro atoms. The van der Waals surface area contributed by atoms with Crippen LogP contribution in [-0.2, 0) is 6.54 Å². The lowest BCUT2D eigenvalue weighted by molar-refractivity contribution is 0.418. The normalized spacial score (nSPS) is 15.2. The number of aromatic nitrogens is 3. The summed E-state index contributed by atoms with van der Waals surface area (Å²) in [5.74, 6) is 0.667. The summed E-state index contributed by atoms with van der Waals surface area (Å²) in [5, 5.41) is 7.37. The van der Waals surface area contributed by atoms with Crippen LogP contribution < -0.4 is 5.32 Å². The van der Waals surface area contributed by atoms with E-state index in [1.807, 2.05) is 6.07 Å². The summed E-state index contributed by atoms with van der Waals surface area (Å²) in [4.78, 5) is 8.14. The Morgan fingerprint density at radius 2 is 2.31 bits per heavy atom. The number of rotatable bonds is 4. The van der Waals surface area contributed by atoms with Crippen molar-refractivity contribution < 1.29 is 4.52 Å². The molecule has 0 atom stereocenters. The van der Waals surface area contributed by atoms with Gasteiger partial charge >= 0.3 is 0 Å². The van der Waals surface area contributed by atoms with Crippen molar-refractivity contribution in [3.05, 3.63) is 30.4 Å². The lowest BCUT2D eigenvalue weighted by Gasteiger charge is -1.95. The zero-order valence-electron chi connectivity index (χ0n) is 8.76. The summed E-state index contributed by atoms with van der Waals surface area (Å²) in [6.07, 6.45) is 7.48. The molecule has 0 unspecified atom stereocenters. The SMILES string of the molecule is c1cnc(-c2cc(CNC3CC3)no2)cn1. The maximum absolute atomic E-state index is 5.21. The van der Waals surface area contributed by atoms with Gasteiger partial charge in [0.05, 0.1) is 11.9 Å². The fourth-order valence-electron chi connectivity index (χ4n) is 1.48. The predicted molar refractivity (Wildman–Crippen MR) is 57.4 cm³/mol. The molecular weight excluding hydrogens is 204 g/mol. The van der Waals surface area contributed by atoms with Crippen LogP contribution in [0.5, 0.6) is 0 Å². The van der Waals surface area contributed by atoms with Gasteiger partial charge < -0.3 is 9.84 Å². The van der Waals surface area contributed by atoms with Gasteiger partial charge in [-0.25, -0.2) is 4.98 Å². The molecule has 0 aromatic carbocycles. The van der Waals surface area contributed by atoms with E-state index in [4.69, 9.17) is 4.52 Å². The lowest BCUT2D eigenvalue weighted by atomic mass is 10.3. The monoisotopic (exact) mass is 216 g/mol. The van der Waals surface area contributed by atoms with Gasteiger partial charge in [0.15, 0.2) is 5.76 Å². The summed E-state index contributed by atoms with van der Waals surface area (Å²) in [5.41, 5.74) is 1.63. The van der Waals surface area contributed by atoms with Crippen molar-refractivity contribution in [1.82, 2.24) is 20.4 Å². The van der Waals surface area contributed by atoms with E-state index in [9.17, 15) is 0 Å². The summed E-state index contributed by atoms with van der Waals surface area (Å²) in [6.45, 7) is 0.758. The topological polar surface area (TPSA) is 63.8 Å². The average molecular weight is 216 g/mol. The maximum Gasteiger partial charge on any atom is 0.187 e. The van der Waals surface area contributed by atoms with E-state index in [0.29, 0.717) is 17.5 Å². The molecule has 1 aliphatic carbocycles. The fraction of sp³-hybridized carbons (Fsp3) is 0.364. The highest BCUT2D eigenvalue weighted by molar-refractivity contribution is 5.49. The Hall–Kier alpha value is -1.75. The Bertz CT molecular complexity index is 464. The van der Waals surface area contributed by atoms with Crippen molar-refractivity contribution in [2.45, 2.75) is 25.4 Å². The summed E-state index contributed by atoms with van der Waals surface area (Å²) >= 11 is 0. The van der Waals surface area contributed by atoms with E-state index in [1.54, 1.807) is 18.6 Å². The van der Waals surface area contributed by atoms with Crippen LogP contribution in [0.4, 0.5) is 0 Å². The first-order valence-electron chi connectivity index (χ1n) is 5.37. The highest BCUT2D eigenvalue weighted by Gasteiger charge is 2.20. The largest absolute Gasteiger partial charge is 0.354 e. The molecule has 2 aromatic heterocycles. The van der Waals surface area contributed by atoms with Crippen molar-refractivity contribution >= 4 is 0 Å². The molecule has 1 aliphatic rings. The molecule has 3 rings (SSSR count). The van der Waals surface area contributed by atoms with Crippen molar-refractivity contribution in [3.8, 4) is 11.5 Å². The molecule has 0 amide bonds. The molecule has 0 aliphatic heterocycles. The lowest BCUT2D eigenvalue weighted by Crippen LogP contribution is -2.15. The second kappa shape index (κ2) is 4.02. The van der Waals surface area contributed by atoms with Crippen LogP contribution in [0, 0.1) is 0 Å². The van der Waals surface area contributed by atoms with Gasteiger partial charge in [0.2, 0.25) is 0 Å². The fourth-order valence-corrected chi connectivity index (χ4v) is 1.48. The zero-order chi connectivity index (χ0) is 10.8. The van der Waals surface area contributed by atoms with E-state index in [1.165, 1.54) is 12.8 Å². The Labute approximate surface area is 92.9 Å². The van der Waals surface area contributed by atoms with Crippen molar-refractivity contribution in [2.75, 3.05) is 0 Å². The molecule has 2 aromatic rings. The smallest absolute Gasteiger partial charge is 0.187 e. The van der Waals surface area contributed by atoms with Gasteiger partial charge in [-0.1, -0.05) is 5.16 Å². The molecule has 1 fully saturated rings. The predicted octanol–water partition coefficient (Wildman–Crippen LogP) is 1.38. The van der Waals surface area contributed by atoms with Crippen LogP contribution in [0.1, 0.15) is 18.5 Å². The average Bonchev–Trinajstić information content (AvgIpc) is 3.05. The molecule has 82 valence electrons. The van der Waals surface area contributed by atoms with E-state index in [-0.39, 0.29) is 0 Å². The molecule has 5 nitrogen and oxygen atoms in total. The first-order chi connectivity index (χ1) is 7.92. The Kier molecular flexibility index (Phi) is 2.38. The second-order valence-corrected chi connectivity index (χ2v) is 3.93. The molecule has 16 heavy (non-hydrogen) atoms. The second-order valence-electron chi connectivity index (χ2n) is 3.93. The van der Waals surface area contributed by atoms with E-state index < -0.39 is 0 Å². The van der Waals surface area contributed by atoms with Crippen LogP contribution in [-0.4, -0.2) is 21.2 Å². The number of nitrogens with zero attached hydrogens (tertiary/aromatic N) is 3. The van der Waals surface area contributed by atoms with E-state index in [0.717, 1.165) is 12.2 Å². The highest BCUT2D eigenvalue weighted by Crippen LogP contribution is 2.20. The van der Waals surface area contributed by atoms with Gasteiger partial charge in [0.25, 0.3) is 0 Å². The van der Waals surface area contributed by atoms with Crippen LogP contribution >= 0.6 is 0 Å². The summed E-state index contributed by atoms with van der Waals surface area (Å²) in [7, 11) is 0. The summed E-state index contributed by atoms with van der Waals surface area (Å²) in [6, 6.07) is 2.58.